The summed E-state index contributed by atoms with van der Waals surface area (Å²) in [6.07, 6.45) is 3.04. The number of nitrogens with one attached hydrogen (secondary N) is 1. The molecule has 22 heavy (non-hydrogen) atoms. The number of Topliss-reactive ketones (excluding diaryl/α,β-unsaturated/α-hetero) is 1. The van der Waals surface area contributed by atoms with E-state index in [0.717, 1.165) is 5.69 Å². The molecule has 1 N–H and O–H groups in total. The summed E-state index contributed by atoms with van der Waals surface area (Å²) >= 11 is 0. The van der Waals surface area contributed by atoms with Crippen molar-refractivity contribution in [3.63, 3.8) is 0 Å². The van der Waals surface area contributed by atoms with E-state index in [0.29, 0.717) is 16.9 Å². The van der Waals surface area contributed by atoms with Gasteiger partial charge in [-0.2, -0.15) is 0 Å². The van der Waals surface area contributed by atoms with Crippen LogP contribution in [0.25, 0.3) is 0 Å². The topological polar surface area (TPSA) is 55.4 Å². The van der Waals surface area contributed by atoms with Gasteiger partial charge in [0.25, 0.3) is 0 Å². The van der Waals surface area contributed by atoms with Crippen LogP contribution in [0.15, 0.2) is 60.8 Å². The lowest BCUT2D eigenvalue weighted by atomic mass is 10.1. The van der Waals surface area contributed by atoms with Gasteiger partial charge in [0.15, 0.2) is 11.6 Å². The Bertz CT molecular complexity index is 685. The first-order valence-electron chi connectivity index (χ1n) is 6.82. The lowest BCUT2D eigenvalue weighted by Crippen LogP contribution is -1.97. The number of ketones is 2. The summed E-state index contributed by atoms with van der Waals surface area (Å²) in [6.45, 7) is 1.52. The summed E-state index contributed by atoms with van der Waals surface area (Å²) in [6, 6.07) is 14.0. The highest BCUT2D eigenvalue weighted by Gasteiger charge is 2.02. The maximum Gasteiger partial charge on any atom is 0.187 e. The van der Waals surface area contributed by atoms with Crippen LogP contribution in [0.1, 0.15) is 27.6 Å². The average molecular weight is 295 g/mol. The molecule has 0 saturated heterocycles. The molecule has 0 saturated carbocycles. The highest BCUT2D eigenvalue weighted by atomic mass is 16.5. The van der Waals surface area contributed by atoms with Gasteiger partial charge in [0, 0.05) is 29.1 Å². The van der Waals surface area contributed by atoms with Gasteiger partial charge in [-0.1, -0.05) is 0 Å². The molecule has 2 aromatic rings. The quantitative estimate of drug-likeness (QED) is 0.652. The van der Waals surface area contributed by atoms with E-state index >= 15 is 0 Å². The van der Waals surface area contributed by atoms with Crippen LogP contribution in [0.4, 0.5) is 5.69 Å². The summed E-state index contributed by atoms with van der Waals surface area (Å²) in [7, 11) is 1.58. The Morgan fingerprint density at radius 1 is 0.955 bits per heavy atom. The van der Waals surface area contributed by atoms with Crippen molar-refractivity contribution < 1.29 is 14.3 Å². The maximum absolute atomic E-state index is 12.0. The Hall–Kier alpha value is -2.88. The first kappa shape index (κ1) is 15.5. The molecule has 4 heteroatoms. The van der Waals surface area contributed by atoms with E-state index in [9.17, 15) is 9.59 Å². The second-order valence-corrected chi connectivity index (χ2v) is 4.70. The molecular weight excluding hydrogens is 278 g/mol. The highest BCUT2D eigenvalue weighted by Crippen LogP contribution is 2.13. The first-order chi connectivity index (χ1) is 10.6. The number of carbonyl (C=O) groups is 2. The molecule has 2 aromatic carbocycles. The van der Waals surface area contributed by atoms with Gasteiger partial charge in [-0.3, -0.25) is 9.59 Å². The molecule has 0 atom stereocenters. The van der Waals surface area contributed by atoms with Crippen LogP contribution < -0.4 is 10.1 Å². The second-order valence-electron chi connectivity index (χ2n) is 4.70. The largest absolute Gasteiger partial charge is 0.497 e. The molecule has 0 unspecified atom stereocenters. The number of methoxy groups -OCH3 is 1. The van der Waals surface area contributed by atoms with Gasteiger partial charge < -0.3 is 10.1 Å². The van der Waals surface area contributed by atoms with Crippen LogP contribution in [-0.4, -0.2) is 18.7 Å². The number of hydrogen-bond acceptors (Lipinski definition) is 4. The third-order valence-electron chi connectivity index (χ3n) is 3.15. The normalized spacial score (nSPS) is 10.5. The Morgan fingerprint density at radius 3 is 2.09 bits per heavy atom. The van der Waals surface area contributed by atoms with Crippen LogP contribution in [0.2, 0.25) is 0 Å². The van der Waals surface area contributed by atoms with Crippen molar-refractivity contribution in [2.45, 2.75) is 6.92 Å². The predicted octanol–water partition coefficient (Wildman–Crippen LogP) is 3.71. The van der Waals surface area contributed by atoms with Crippen LogP contribution in [-0.2, 0) is 0 Å². The van der Waals surface area contributed by atoms with Gasteiger partial charge >= 0.3 is 0 Å². The summed E-state index contributed by atoms with van der Waals surface area (Å²) in [4.78, 5) is 23.1. The fourth-order valence-electron chi connectivity index (χ4n) is 1.87. The third kappa shape index (κ3) is 4.06. The fraction of sp³-hybridized carbons (Fsp3) is 0.111. The molecule has 4 nitrogen and oxygen atoms in total. The van der Waals surface area contributed by atoms with E-state index in [-0.39, 0.29) is 11.6 Å². The second kappa shape index (κ2) is 7.22. The number of anilines is 1. The zero-order valence-corrected chi connectivity index (χ0v) is 12.5. The minimum atomic E-state index is -0.101. The van der Waals surface area contributed by atoms with E-state index in [1.807, 2.05) is 0 Å². The van der Waals surface area contributed by atoms with Gasteiger partial charge in [-0.15, -0.1) is 0 Å². The molecule has 0 bridgehead atoms. The van der Waals surface area contributed by atoms with Crippen molar-refractivity contribution >= 4 is 17.3 Å². The maximum atomic E-state index is 12.0. The van der Waals surface area contributed by atoms with Crippen molar-refractivity contribution in [2.24, 2.45) is 0 Å². The van der Waals surface area contributed by atoms with E-state index in [4.69, 9.17) is 4.74 Å². The number of benzene rings is 2. The Kier molecular flexibility index (Phi) is 5.09. The lowest BCUT2D eigenvalue weighted by molar-refractivity contribution is 0.101. The highest BCUT2D eigenvalue weighted by molar-refractivity contribution is 6.04. The van der Waals surface area contributed by atoms with Gasteiger partial charge in [-0.05, 0) is 55.5 Å². The van der Waals surface area contributed by atoms with Gasteiger partial charge in [0.1, 0.15) is 5.75 Å². The molecule has 0 radical (unpaired) electrons. The molecule has 0 heterocycles. The molecule has 0 aliphatic carbocycles. The van der Waals surface area contributed by atoms with Crippen molar-refractivity contribution in [2.75, 3.05) is 12.4 Å². The monoisotopic (exact) mass is 295 g/mol. The van der Waals surface area contributed by atoms with Crippen LogP contribution >= 0.6 is 0 Å². The predicted molar refractivity (Wildman–Crippen MR) is 86.5 cm³/mol. The number of rotatable bonds is 6. The number of ether oxygens (including phenoxy) is 1. The van der Waals surface area contributed by atoms with Crippen molar-refractivity contribution in [1.82, 2.24) is 0 Å². The molecule has 0 aromatic heterocycles. The standard InChI is InChI=1S/C18H17NO3/c1-13(20)14-3-7-16(8-4-14)19-12-11-18(21)15-5-9-17(22-2)10-6-15/h3-12,19H,1-2H3/b12-11+. The van der Waals surface area contributed by atoms with Gasteiger partial charge in [0.05, 0.1) is 7.11 Å². The Morgan fingerprint density at radius 2 is 1.55 bits per heavy atom. The van der Waals surface area contributed by atoms with Crippen LogP contribution in [0.5, 0.6) is 5.75 Å². The molecule has 0 amide bonds. The van der Waals surface area contributed by atoms with Crippen LogP contribution in [0, 0.1) is 0 Å². The molecule has 0 spiro atoms. The zero-order chi connectivity index (χ0) is 15.9. The van der Waals surface area contributed by atoms with E-state index in [1.165, 1.54) is 13.0 Å². The molecule has 0 fully saturated rings. The summed E-state index contributed by atoms with van der Waals surface area (Å²) in [5, 5.41) is 3.00. The fourth-order valence-corrected chi connectivity index (χ4v) is 1.87. The third-order valence-corrected chi connectivity index (χ3v) is 3.15. The number of hydrogen-bond donors (Lipinski definition) is 1. The minimum Gasteiger partial charge on any atom is -0.497 e. The minimum absolute atomic E-state index is 0.0248. The average Bonchev–Trinajstić information content (AvgIpc) is 2.55. The summed E-state index contributed by atoms with van der Waals surface area (Å²) < 4.78 is 5.05. The van der Waals surface area contributed by atoms with E-state index in [2.05, 4.69) is 5.32 Å². The van der Waals surface area contributed by atoms with Gasteiger partial charge in [-0.25, -0.2) is 0 Å². The van der Waals surface area contributed by atoms with Crippen molar-refractivity contribution in [3.05, 3.63) is 71.9 Å². The van der Waals surface area contributed by atoms with Crippen molar-refractivity contribution in [3.8, 4) is 5.75 Å². The van der Waals surface area contributed by atoms with E-state index < -0.39 is 0 Å². The van der Waals surface area contributed by atoms with Gasteiger partial charge in [0.2, 0.25) is 0 Å². The summed E-state index contributed by atoms with van der Waals surface area (Å²) in [5.41, 5.74) is 2.05. The molecule has 112 valence electrons. The Balaban J connectivity index is 1.96. The smallest absolute Gasteiger partial charge is 0.187 e. The van der Waals surface area contributed by atoms with Crippen LogP contribution in [0.3, 0.4) is 0 Å². The summed E-state index contributed by atoms with van der Waals surface area (Å²) in [5.74, 6) is 0.636. The number of allylic oxidation sites excluding steroid dienone is 1. The molecule has 2 rings (SSSR count). The first-order valence-corrected chi connectivity index (χ1v) is 6.82. The van der Waals surface area contributed by atoms with E-state index in [1.54, 1.807) is 61.8 Å². The zero-order valence-electron chi connectivity index (χ0n) is 12.5. The lowest BCUT2D eigenvalue weighted by Gasteiger charge is -2.02. The SMILES string of the molecule is COc1ccc(C(=O)/C=C/Nc2ccc(C(C)=O)cc2)cc1. The molecule has 0 aliphatic rings. The molecular formula is C18H17NO3. The Labute approximate surface area is 129 Å². The van der Waals surface area contributed by atoms with Crippen molar-refractivity contribution in [1.29, 1.82) is 0 Å². The number of carbonyl (C=O) groups excluding carboxylic acids is 2. The molecule has 0 aliphatic heterocycles.